The molecule has 0 bridgehead atoms. The summed E-state index contributed by atoms with van der Waals surface area (Å²) in [5.74, 6) is -1.95. The Labute approximate surface area is 127 Å². The van der Waals surface area contributed by atoms with Crippen LogP contribution in [0.2, 0.25) is 0 Å². The second-order valence-corrected chi connectivity index (χ2v) is 5.10. The van der Waals surface area contributed by atoms with Crippen molar-refractivity contribution in [1.29, 1.82) is 0 Å². The number of anilines is 1. The van der Waals surface area contributed by atoms with Gasteiger partial charge in [-0.1, -0.05) is 42.5 Å². The lowest BCUT2D eigenvalue weighted by molar-refractivity contribution is -0.167. The molecule has 2 aromatic carbocycles. The lowest BCUT2D eigenvalue weighted by atomic mass is 10.0. The molecule has 1 amide bonds. The van der Waals surface area contributed by atoms with E-state index < -0.39 is 12.1 Å². The molecule has 0 saturated heterocycles. The van der Waals surface area contributed by atoms with Crippen molar-refractivity contribution in [2.75, 3.05) is 5.32 Å². The molecular weight excluding hydrogens is 291 g/mol. The van der Waals surface area contributed by atoms with Crippen molar-refractivity contribution in [3.8, 4) is 0 Å². The van der Waals surface area contributed by atoms with Crippen molar-refractivity contribution in [1.82, 2.24) is 0 Å². The van der Waals surface area contributed by atoms with Gasteiger partial charge in [-0.2, -0.15) is 13.2 Å². The van der Waals surface area contributed by atoms with E-state index in [4.69, 9.17) is 0 Å². The van der Waals surface area contributed by atoms with E-state index in [0.717, 1.165) is 11.1 Å². The van der Waals surface area contributed by atoms with Crippen molar-refractivity contribution in [2.24, 2.45) is 0 Å². The minimum atomic E-state index is -4.89. The third-order valence-electron chi connectivity index (χ3n) is 3.30. The first-order chi connectivity index (χ1) is 10.4. The molecule has 0 spiro atoms. The van der Waals surface area contributed by atoms with Crippen LogP contribution in [0.3, 0.4) is 0 Å². The molecule has 0 saturated carbocycles. The van der Waals surface area contributed by atoms with Crippen molar-refractivity contribution in [3.05, 3.63) is 65.2 Å². The van der Waals surface area contributed by atoms with E-state index >= 15 is 0 Å². The number of alkyl halides is 3. The minimum absolute atomic E-state index is 0.221. The average Bonchev–Trinajstić information content (AvgIpc) is 2.46. The smallest absolute Gasteiger partial charge is 0.318 e. The first kappa shape index (κ1) is 16.1. The highest BCUT2D eigenvalue weighted by molar-refractivity contribution is 5.95. The third kappa shape index (κ3) is 4.35. The summed E-state index contributed by atoms with van der Waals surface area (Å²) in [5.41, 5.74) is 2.79. The number of rotatable bonds is 4. The van der Waals surface area contributed by atoms with Crippen molar-refractivity contribution in [3.63, 3.8) is 0 Å². The maximum absolute atomic E-state index is 12.4. The zero-order chi connectivity index (χ0) is 16.2. The van der Waals surface area contributed by atoms with Crippen molar-refractivity contribution in [2.45, 2.75) is 25.9 Å². The Kier molecular flexibility index (Phi) is 4.85. The number of aryl methyl sites for hydroxylation is 3. The van der Waals surface area contributed by atoms with Gasteiger partial charge >= 0.3 is 12.1 Å². The third-order valence-corrected chi connectivity index (χ3v) is 3.30. The average molecular weight is 307 g/mol. The van der Waals surface area contributed by atoms with Crippen LogP contribution in [0.5, 0.6) is 0 Å². The Morgan fingerprint density at radius 2 is 1.73 bits per heavy atom. The zero-order valence-electron chi connectivity index (χ0n) is 12.1. The van der Waals surface area contributed by atoms with Crippen molar-refractivity contribution >= 4 is 11.6 Å². The molecule has 2 aromatic rings. The van der Waals surface area contributed by atoms with E-state index in [1.54, 1.807) is 19.1 Å². The number of benzene rings is 2. The standard InChI is InChI=1S/C17H16F3NO/c1-12-7-9-14(10-8-13-5-3-2-4-6-13)15(11-12)21-16(22)17(18,19)20/h2-7,9,11H,8,10H2,1H3,(H,21,22). The molecule has 0 aliphatic heterocycles. The fourth-order valence-electron chi connectivity index (χ4n) is 2.14. The Morgan fingerprint density at radius 3 is 2.36 bits per heavy atom. The normalized spacial score (nSPS) is 11.3. The van der Waals surface area contributed by atoms with Gasteiger partial charge in [0.05, 0.1) is 0 Å². The maximum atomic E-state index is 12.4. The van der Waals surface area contributed by atoms with Gasteiger partial charge in [0.1, 0.15) is 0 Å². The predicted octanol–water partition coefficient (Wildman–Crippen LogP) is 4.28. The summed E-state index contributed by atoms with van der Waals surface area (Å²) in [6.07, 6.45) is -3.64. The van der Waals surface area contributed by atoms with Crippen LogP contribution in [0, 0.1) is 6.92 Å². The van der Waals surface area contributed by atoms with Gasteiger partial charge in [-0.25, -0.2) is 0 Å². The van der Waals surface area contributed by atoms with Crippen LogP contribution < -0.4 is 5.32 Å². The molecule has 0 heterocycles. The van der Waals surface area contributed by atoms with Crippen LogP contribution in [0.25, 0.3) is 0 Å². The van der Waals surface area contributed by atoms with E-state index in [0.29, 0.717) is 18.4 Å². The van der Waals surface area contributed by atoms with Gasteiger partial charge in [-0.05, 0) is 42.5 Å². The quantitative estimate of drug-likeness (QED) is 0.897. The van der Waals surface area contributed by atoms with Crippen LogP contribution >= 0.6 is 0 Å². The lowest BCUT2D eigenvalue weighted by Gasteiger charge is -2.13. The minimum Gasteiger partial charge on any atom is -0.318 e. The summed E-state index contributed by atoms with van der Waals surface area (Å²) >= 11 is 0. The number of amides is 1. The molecule has 0 unspecified atom stereocenters. The largest absolute Gasteiger partial charge is 0.471 e. The highest BCUT2D eigenvalue weighted by atomic mass is 19.4. The Hall–Kier alpha value is -2.30. The maximum Gasteiger partial charge on any atom is 0.471 e. The second-order valence-electron chi connectivity index (χ2n) is 5.10. The second kappa shape index (κ2) is 6.64. The molecule has 2 rings (SSSR count). The SMILES string of the molecule is Cc1ccc(CCc2ccccc2)c(NC(=O)C(F)(F)F)c1. The molecule has 0 radical (unpaired) electrons. The van der Waals surface area contributed by atoms with Crippen LogP contribution in [0.15, 0.2) is 48.5 Å². The van der Waals surface area contributed by atoms with Crippen LogP contribution in [-0.2, 0) is 17.6 Å². The van der Waals surface area contributed by atoms with Gasteiger partial charge in [0.25, 0.3) is 0 Å². The molecule has 0 atom stereocenters. The van der Waals surface area contributed by atoms with E-state index in [1.807, 2.05) is 41.7 Å². The highest BCUT2D eigenvalue weighted by Gasteiger charge is 2.38. The summed E-state index contributed by atoms with van der Waals surface area (Å²) in [6.45, 7) is 1.77. The summed E-state index contributed by atoms with van der Waals surface area (Å²) < 4.78 is 37.2. The molecule has 1 N–H and O–H groups in total. The van der Waals surface area contributed by atoms with Gasteiger partial charge in [0.15, 0.2) is 0 Å². The Morgan fingerprint density at radius 1 is 1.05 bits per heavy atom. The predicted molar refractivity (Wildman–Crippen MR) is 79.7 cm³/mol. The summed E-state index contributed by atoms with van der Waals surface area (Å²) in [7, 11) is 0. The Bertz CT molecular complexity index is 651. The number of hydrogen-bond acceptors (Lipinski definition) is 1. The zero-order valence-corrected chi connectivity index (χ0v) is 12.1. The first-order valence-corrected chi connectivity index (χ1v) is 6.88. The summed E-state index contributed by atoms with van der Waals surface area (Å²) in [6, 6.07) is 14.8. The van der Waals surface area contributed by atoms with Crippen LogP contribution in [-0.4, -0.2) is 12.1 Å². The number of carbonyl (C=O) groups excluding carboxylic acids is 1. The molecular formula is C17H16F3NO. The molecule has 0 aromatic heterocycles. The van der Waals surface area contributed by atoms with E-state index in [1.165, 1.54) is 0 Å². The molecule has 116 valence electrons. The van der Waals surface area contributed by atoms with Crippen LogP contribution in [0.4, 0.5) is 18.9 Å². The Balaban J connectivity index is 2.15. The molecule has 2 nitrogen and oxygen atoms in total. The summed E-state index contributed by atoms with van der Waals surface area (Å²) in [4.78, 5) is 11.1. The number of nitrogens with one attached hydrogen (secondary N) is 1. The van der Waals surface area contributed by atoms with E-state index in [9.17, 15) is 18.0 Å². The van der Waals surface area contributed by atoms with E-state index in [2.05, 4.69) is 0 Å². The fraction of sp³-hybridized carbons (Fsp3) is 0.235. The first-order valence-electron chi connectivity index (χ1n) is 6.88. The van der Waals surface area contributed by atoms with Gasteiger partial charge in [-0.15, -0.1) is 0 Å². The number of carbonyl (C=O) groups is 1. The van der Waals surface area contributed by atoms with Crippen molar-refractivity contribution < 1.29 is 18.0 Å². The lowest BCUT2D eigenvalue weighted by Crippen LogP contribution is -2.30. The monoisotopic (exact) mass is 307 g/mol. The van der Waals surface area contributed by atoms with Crippen LogP contribution in [0.1, 0.15) is 16.7 Å². The number of hydrogen-bond donors (Lipinski definition) is 1. The fourth-order valence-corrected chi connectivity index (χ4v) is 2.14. The summed E-state index contributed by atoms with van der Waals surface area (Å²) in [5, 5.41) is 1.96. The van der Waals surface area contributed by atoms with Gasteiger partial charge in [-0.3, -0.25) is 4.79 Å². The molecule has 22 heavy (non-hydrogen) atoms. The van der Waals surface area contributed by atoms with Gasteiger partial charge in [0.2, 0.25) is 0 Å². The topological polar surface area (TPSA) is 29.1 Å². The molecule has 0 aliphatic rings. The highest BCUT2D eigenvalue weighted by Crippen LogP contribution is 2.23. The molecule has 0 fully saturated rings. The molecule has 0 aliphatic carbocycles. The van der Waals surface area contributed by atoms with E-state index in [-0.39, 0.29) is 5.69 Å². The molecule has 5 heteroatoms. The number of halogens is 3. The van der Waals surface area contributed by atoms with Gasteiger partial charge < -0.3 is 5.32 Å². The van der Waals surface area contributed by atoms with Gasteiger partial charge in [0, 0.05) is 5.69 Å².